The molecular weight excluding hydrogens is 266 g/mol. The third-order valence-corrected chi connectivity index (χ3v) is 4.09. The number of benzene rings is 1. The van der Waals surface area contributed by atoms with E-state index in [0.29, 0.717) is 0 Å². The molecule has 2 heterocycles. The van der Waals surface area contributed by atoms with Crippen molar-refractivity contribution in [2.45, 2.75) is 19.8 Å². The van der Waals surface area contributed by atoms with Gasteiger partial charge in [-0.15, -0.1) is 0 Å². The van der Waals surface area contributed by atoms with Crippen molar-refractivity contribution in [3.05, 3.63) is 42.2 Å². The number of rotatable bonds is 3. The first kappa shape index (κ1) is 13.7. The highest BCUT2D eigenvalue weighted by molar-refractivity contribution is 5.86. The van der Waals surface area contributed by atoms with E-state index in [1.807, 2.05) is 12.1 Å². The zero-order valence-electron chi connectivity index (χ0n) is 12.1. The molecule has 0 bridgehead atoms. The maximum absolute atomic E-state index is 10.9. The Morgan fingerprint density at radius 1 is 1.19 bits per heavy atom. The van der Waals surface area contributed by atoms with E-state index in [0.717, 1.165) is 24.7 Å². The van der Waals surface area contributed by atoms with Crippen molar-refractivity contribution in [3.8, 4) is 5.69 Å². The second-order valence-electron chi connectivity index (χ2n) is 5.66. The Labute approximate surface area is 123 Å². The fourth-order valence-corrected chi connectivity index (χ4v) is 2.66. The normalized spacial score (nSPS) is 16.1. The summed E-state index contributed by atoms with van der Waals surface area (Å²) in [7, 11) is 0. The first-order chi connectivity index (χ1) is 10.1. The number of aromatic nitrogens is 2. The van der Waals surface area contributed by atoms with Gasteiger partial charge in [-0.1, -0.05) is 6.92 Å². The predicted octanol–water partition coefficient (Wildman–Crippen LogP) is 2.81. The first-order valence-corrected chi connectivity index (χ1v) is 7.27. The lowest BCUT2D eigenvalue weighted by atomic mass is 9.99. The van der Waals surface area contributed by atoms with Crippen LogP contribution in [0.1, 0.15) is 30.1 Å². The third-order valence-electron chi connectivity index (χ3n) is 4.09. The molecule has 1 fully saturated rings. The average Bonchev–Trinajstić information content (AvgIpc) is 2.98. The van der Waals surface area contributed by atoms with Gasteiger partial charge in [0.2, 0.25) is 0 Å². The molecule has 0 atom stereocenters. The van der Waals surface area contributed by atoms with E-state index in [-0.39, 0.29) is 5.56 Å². The Morgan fingerprint density at radius 2 is 1.81 bits per heavy atom. The quantitative estimate of drug-likeness (QED) is 0.942. The smallest absolute Gasteiger partial charge is 0.338 e. The second-order valence-corrected chi connectivity index (χ2v) is 5.66. The molecule has 1 saturated heterocycles. The summed E-state index contributed by atoms with van der Waals surface area (Å²) in [5, 5.41) is 13.0. The lowest BCUT2D eigenvalue weighted by Gasteiger charge is -2.32. The van der Waals surface area contributed by atoms with Crippen LogP contribution in [-0.4, -0.2) is 33.9 Å². The van der Waals surface area contributed by atoms with Gasteiger partial charge in [0.15, 0.2) is 0 Å². The largest absolute Gasteiger partial charge is 0.478 e. The van der Waals surface area contributed by atoms with Crippen LogP contribution in [0.5, 0.6) is 0 Å². The molecule has 1 aromatic heterocycles. The SMILES string of the molecule is CC1CCN(c2ccc(-n3cc(C(=O)O)cn3)cc2)CC1. The van der Waals surface area contributed by atoms with Crippen molar-refractivity contribution in [3.63, 3.8) is 0 Å². The predicted molar refractivity (Wildman–Crippen MR) is 81.1 cm³/mol. The molecule has 1 aliphatic rings. The topological polar surface area (TPSA) is 58.4 Å². The lowest BCUT2D eigenvalue weighted by Crippen LogP contribution is -2.32. The molecule has 0 unspecified atom stereocenters. The summed E-state index contributed by atoms with van der Waals surface area (Å²) in [4.78, 5) is 13.3. The van der Waals surface area contributed by atoms with Crippen molar-refractivity contribution in [1.82, 2.24) is 9.78 Å². The van der Waals surface area contributed by atoms with Gasteiger partial charge in [0.25, 0.3) is 0 Å². The van der Waals surface area contributed by atoms with Gasteiger partial charge in [0.1, 0.15) is 0 Å². The molecule has 21 heavy (non-hydrogen) atoms. The molecule has 0 saturated carbocycles. The highest BCUT2D eigenvalue weighted by Gasteiger charge is 2.16. The van der Waals surface area contributed by atoms with Crippen LogP contribution in [0.15, 0.2) is 36.7 Å². The number of carboxylic acid groups (broad SMARTS) is 1. The first-order valence-electron chi connectivity index (χ1n) is 7.27. The number of nitrogens with zero attached hydrogens (tertiary/aromatic N) is 3. The summed E-state index contributed by atoms with van der Waals surface area (Å²) in [6.45, 7) is 4.51. The van der Waals surface area contributed by atoms with Crippen molar-refractivity contribution in [2.75, 3.05) is 18.0 Å². The van der Waals surface area contributed by atoms with Crippen molar-refractivity contribution in [1.29, 1.82) is 0 Å². The monoisotopic (exact) mass is 285 g/mol. The third kappa shape index (κ3) is 2.91. The van der Waals surface area contributed by atoms with Crippen molar-refractivity contribution < 1.29 is 9.90 Å². The van der Waals surface area contributed by atoms with Gasteiger partial charge in [-0.25, -0.2) is 9.48 Å². The summed E-state index contributed by atoms with van der Waals surface area (Å²) in [6.07, 6.45) is 5.37. The summed E-state index contributed by atoms with van der Waals surface area (Å²) >= 11 is 0. The van der Waals surface area contributed by atoms with Crippen molar-refractivity contribution in [2.24, 2.45) is 5.92 Å². The van der Waals surface area contributed by atoms with Crippen LogP contribution in [0.2, 0.25) is 0 Å². The highest BCUT2D eigenvalue weighted by Crippen LogP contribution is 2.23. The number of carbonyl (C=O) groups is 1. The van der Waals surface area contributed by atoms with E-state index in [2.05, 4.69) is 29.1 Å². The fraction of sp³-hybridized carbons (Fsp3) is 0.375. The minimum Gasteiger partial charge on any atom is -0.478 e. The van der Waals surface area contributed by atoms with Crippen LogP contribution < -0.4 is 4.90 Å². The Hall–Kier alpha value is -2.30. The van der Waals surface area contributed by atoms with Crippen LogP contribution in [0, 0.1) is 5.92 Å². The van der Waals surface area contributed by atoms with Gasteiger partial charge >= 0.3 is 5.97 Å². The molecule has 1 N–H and O–H groups in total. The number of hydrogen-bond acceptors (Lipinski definition) is 3. The van der Waals surface area contributed by atoms with Crippen LogP contribution >= 0.6 is 0 Å². The maximum atomic E-state index is 10.9. The molecule has 0 amide bonds. The fourth-order valence-electron chi connectivity index (χ4n) is 2.66. The molecule has 5 heteroatoms. The van der Waals surface area contributed by atoms with E-state index in [4.69, 9.17) is 5.11 Å². The van der Waals surface area contributed by atoms with Gasteiger partial charge in [0.05, 0.1) is 17.4 Å². The van der Waals surface area contributed by atoms with Gasteiger partial charge in [-0.3, -0.25) is 0 Å². The Morgan fingerprint density at radius 3 is 2.38 bits per heavy atom. The number of carboxylic acids is 1. The van der Waals surface area contributed by atoms with Crippen LogP contribution in [0.3, 0.4) is 0 Å². The van der Waals surface area contributed by atoms with E-state index in [9.17, 15) is 4.79 Å². The number of hydrogen-bond donors (Lipinski definition) is 1. The average molecular weight is 285 g/mol. The molecule has 5 nitrogen and oxygen atoms in total. The van der Waals surface area contributed by atoms with Crippen LogP contribution in [0.4, 0.5) is 5.69 Å². The summed E-state index contributed by atoms with van der Waals surface area (Å²) < 4.78 is 1.59. The number of aromatic carboxylic acids is 1. The maximum Gasteiger partial charge on any atom is 0.338 e. The van der Waals surface area contributed by atoms with Gasteiger partial charge in [-0.05, 0) is 43.0 Å². The van der Waals surface area contributed by atoms with E-state index >= 15 is 0 Å². The Bertz CT molecular complexity index is 625. The summed E-state index contributed by atoms with van der Waals surface area (Å²) in [5.74, 6) is -0.139. The minimum atomic E-state index is -0.958. The molecular formula is C16H19N3O2. The molecule has 0 radical (unpaired) electrons. The Balaban J connectivity index is 1.75. The standard InChI is InChI=1S/C16H19N3O2/c1-12-6-8-18(9-7-12)14-2-4-15(5-3-14)19-11-13(10-17-19)16(20)21/h2-5,10-12H,6-9H2,1H3,(H,20,21). The molecule has 0 spiro atoms. The van der Waals surface area contributed by atoms with Crippen LogP contribution in [-0.2, 0) is 0 Å². The van der Waals surface area contributed by atoms with Gasteiger partial charge in [-0.2, -0.15) is 5.10 Å². The molecule has 1 aromatic carbocycles. The van der Waals surface area contributed by atoms with Crippen LogP contribution in [0.25, 0.3) is 5.69 Å². The number of anilines is 1. The molecule has 2 aromatic rings. The van der Waals surface area contributed by atoms with Gasteiger partial charge in [0, 0.05) is 25.0 Å². The second kappa shape index (κ2) is 5.60. The molecule has 110 valence electrons. The van der Waals surface area contributed by atoms with E-state index < -0.39 is 5.97 Å². The highest BCUT2D eigenvalue weighted by atomic mass is 16.4. The summed E-state index contributed by atoms with van der Waals surface area (Å²) in [6, 6.07) is 8.11. The van der Waals surface area contributed by atoms with Gasteiger partial charge < -0.3 is 10.0 Å². The zero-order chi connectivity index (χ0) is 14.8. The molecule has 0 aliphatic carbocycles. The van der Waals surface area contributed by atoms with Crippen molar-refractivity contribution >= 4 is 11.7 Å². The molecule has 3 rings (SSSR count). The minimum absolute atomic E-state index is 0.198. The summed E-state index contributed by atoms with van der Waals surface area (Å²) in [5.41, 5.74) is 2.29. The lowest BCUT2D eigenvalue weighted by molar-refractivity contribution is 0.0697. The Kier molecular flexibility index (Phi) is 3.64. The van der Waals surface area contributed by atoms with E-state index in [1.54, 1.807) is 4.68 Å². The number of piperidine rings is 1. The zero-order valence-corrected chi connectivity index (χ0v) is 12.1. The molecule has 1 aliphatic heterocycles. The van der Waals surface area contributed by atoms with E-state index in [1.165, 1.54) is 30.9 Å².